The highest BCUT2D eigenvalue weighted by molar-refractivity contribution is 6.19. The smallest absolute Gasteiger partial charge is 0.416 e. The molecule has 1 aromatic rings. The average Bonchev–Trinajstić information content (AvgIpc) is 2.34. The van der Waals surface area contributed by atoms with Gasteiger partial charge in [-0.25, -0.2) is 4.79 Å². The summed E-state index contributed by atoms with van der Waals surface area (Å²) in [6.07, 6.45) is -3.23. The Morgan fingerprint density at radius 3 is 2.05 bits per heavy atom. The van der Waals surface area contributed by atoms with Crippen LogP contribution in [0.3, 0.4) is 0 Å². The number of hydrogen-bond donors (Lipinski definition) is 0. The van der Waals surface area contributed by atoms with Crippen molar-refractivity contribution in [3.05, 3.63) is 41.0 Å². The maximum absolute atomic E-state index is 12.3. The molecule has 1 rings (SSSR count). The second-order valence-electron chi connectivity index (χ2n) is 3.73. The Labute approximate surface area is 107 Å². The van der Waals surface area contributed by atoms with Crippen molar-refractivity contribution in [2.75, 3.05) is 7.11 Å². The molecule has 0 saturated heterocycles. The first-order valence-corrected chi connectivity index (χ1v) is 5.24. The lowest BCUT2D eigenvalue weighted by atomic mass is 10.1. The molecule has 0 N–H and O–H groups in total. The fraction of sp³-hybridized carbons (Fsp3) is 0.231. The van der Waals surface area contributed by atoms with Gasteiger partial charge in [-0.2, -0.15) is 13.2 Å². The molecule has 6 heteroatoms. The summed E-state index contributed by atoms with van der Waals surface area (Å²) >= 11 is 0. The van der Waals surface area contributed by atoms with Gasteiger partial charge in [-0.1, -0.05) is 12.1 Å². The zero-order valence-corrected chi connectivity index (χ0v) is 10.2. The van der Waals surface area contributed by atoms with Crippen LogP contribution < -0.4 is 0 Å². The van der Waals surface area contributed by atoms with Crippen molar-refractivity contribution in [1.82, 2.24) is 0 Å². The monoisotopic (exact) mass is 272 g/mol. The third-order valence-electron chi connectivity index (χ3n) is 2.33. The van der Waals surface area contributed by atoms with Gasteiger partial charge in [0.05, 0.1) is 12.7 Å². The maximum Gasteiger partial charge on any atom is 0.416 e. The molecule has 0 atom stereocenters. The summed E-state index contributed by atoms with van der Waals surface area (Å²) in [7, 11) is 1.12. The minimum absolute atomic E-state index is 0.220. The Hall–Kier alpha value is -2.11. The Balaban J connectivity index is 3.10. The van der Waals surface area contributed by atoms with Crippen molar-refractivity contribution < 1.29 is 27.5 Å². The number of ether oxygens (including phenoxy) is 1. The van der Waals surface area contributed by atoms with Gasteiger partial charge in [-0.05, 0) is 30.7 Å². The lowest BCUT2D eigenvalue weighted by molar-refractivity contribution is -0.138. The van der Waals surface area contributed by atoms with Gasteiger partial charge in [0.2, 0.25) is 0 Å². The summed E-state index contributed by atoms with van der Waals surface area (Å²) in [6, 6.07) is 4.10. The van der Waals surface area contributed by atoms with Crippen molar-refractivity contribution in [2.45, 2.75) is 13.1 Å². The number of methoxy groups -OCH3 is 1. The van der Waals surface area contributed by atoms with Gasteiger partial charge < -0.3 is 4.74 Å². The molecule has 3 nitrogen and oxygen atoms in total. The third kappa shape index (κ3) is 3.94. The molecule has 0 unspecified atom stereocenters. The summed E-state index contributed by atoms with van der Waals surface area (Å²) in [6.45, 7) is 1.17. The topological polar surface area (TPSA) is 43.4 Å². The molecular weight excluding hydrogens is 261 g/mol. The molecule has 0 saturated carbocycles. The average molecular weight is 272 g/mol. The van der Waals surface area contributed by atoms with Crippen LogP contribution in [0.2, 0.25) is 0 Å². The van der Waals surface area contributed by atoms with Crippen molar-refractivity contribution in [1.29, 1.82) is 0 Å². The number of rotatable bonds is 3. The standard InChI is InChI=1S/C13H11F3O3/c1-8(17)11(12(18)19-2)7-9-3-5-10(6-4-9)13(14,15)16/h3-7H,1-2H3/b11-7-. The SMILES string of the molecule is COC(=O)/C(=C\c1ccc(C(F)(F)F)cc1)C(C)=O. The fourth-order valence-electron chi connectivity index (χ4n) is 1.35. The number of halogens is 3. The Morgan fingerprint density at radius 2 is 1.68 bits per heavy atom. The van der Waals surface area contributed by atoms with Gasteiger partial charge >= 0.3 is 12.1 Å². The lowest BCUT2D eigenvalue weighted by Gasteiger charge is -2.06. The van der Waals surface area contributed by atoms with Crippen LogP contribution in [0.5, 0.6) is 0 Å². The zero-order valence-electron chi connectivity index (χ0n) is 10.2. The Kier molecular flexibility index (Phi) is 4.47. The minimum atomic E-state index is -4.42. The number of esters is 1. The van der Waals surface area contributed by atoms with E-state index in [4.69, 9.17) is 0 Å². The predicted octanol–water partition coefficient (Wildman–Crippen LogP) is 2.85. The van der Waals surface area contributed by atoms with Crippen molar-refractivity contribution in [2.24, 2.45) is 0 Å². The summed E-state index contributed by atoms with van der Waals surface area (Å²) < 4.78 is 41.5. The second kappa shape index (κ2) is 5.69. The third-order valence-corrected chi connectivity index (χ3v) is 2.33. The molecule has 102 valence electrons. The van der Waals surface area contributed by atoms with Crippen molar-refractivity contribution in [3.8, 4) is 0 Å². The zero-order chi connectivity index (χ0) is 14.6. The highest BCUT2D eigenvalue weighted by Gasteiger charge is 2.29. The Bertz CT molecular complexity index is 513. The number of carbonyl (C=O) groups excluding carboxylic acids is 2. The first kappa shape index (κ1) is 14.9. The van der Waals surface area contributed by atoms with Gasteiger partial charge in [0.15, 0.2) is 5.78 Å². The highest BCUT2D eigenvalue weighted by atomic mass is 19.4. The number of ketones is 1. The first-order valence-electron chi connectivity index (χ1n) is 5.24. The van der Waals surface area contributed by atoms with Crippen LogP contribution in [0.25, 0.3) is 6.08 Å². The van der Waals surface area contributed by atoms with E-state index in [0.29, 0.717) is 5.56 Å². The molecule has 0 heterocycles. The summed E-state index contributed by atoms with van der Waals surface area (Å²) in [5, 5.41) is 0. The molecule has 0 bridgehead atoms. The highest BCUT2D eigenvalue weighted by Crippen LogP contribution is 2.29. The van der Waals surface area contributed by atoms with E-state index in [1.165, 1.54) is 25.1 Å². The van der Waals surface area contributed by atoms with Crippen LogP contribution in [0.15, 0.2) is 29.8 Å². The van der Waals surface area contributed by atoms with E-state index < -0.39 is 23.5 Å². The summed E-state index contributed by atoms with van der Waals surface area (Å²) in [5.41, 5.74) is -0.710. The van der Waals surface area contributed by atoms with Crippen LogP contribution in [-0.2, 0) is 20.5 Å². The molecule has 0 spiro atoms. The molecule has 19 heavy (non-hydrogen) atoms. The van der Waals surface area contributed by atoms with Gasteiger partial charge in [-0.3, -0.25) is 4.79 Å². The van der Waals surface area contributed by atoms with Crippen molar-refractivity contribution in [3.63, 3.8) is 0 Å². The van der Waals surface area contributed by atoms with Crippen LogP contribution in [0.1, 0.15) is 18.1 Å². The van der Waals surface area contributed by atoms with E-state index in [0.717, 1.165) is 19.2 Å². The quantitative estimate of drug-likeness (QED) is 0.368. The van der Waals surface area contributed by atoms with Gasteiger partial charge in [0.1, 0.15) is 5.57 Å². The van der Waals surface area contributed by atoms with Gasteiger partial charge in [-0.15, -0.1) is 0 Å². The molecule has 0 aliphatic rings. The number of carbonyl (C=O) groups is 2. The van der Waals surface area contributed by atoms with Gasteiger partial charge in [0.25, 0.3) is 0 Å². The second-order valence-corrected chi connectivity index (χ2v) is 3.73. The predicted molar refractivity (Wildman–Crippen MR) is 62.1 cm³/mol. The maximum atomic E-state index is 12.3. The van der Waals surface area contributed by atoms with Crippen molar-refractivity contribution >= 4 is 17.8 Å². The number of benzene rings is 1. The summed E-state index contributed by atoms with van der Waals surface area (Å²) in [4.78, 5) is 22.5. The van der Waals surface area contributed by atoms with E-state index in [1.807, 2.05) is 0 Å². The van der Waals surface area contributed by atoms with E-state index in [9.17, 15) is 22.8 Å². The van der Waals surface area contributed by atoms with Gasteiger partial charge in [0, 0.05) is 0 Å². The molecule has 0 aliphatic heterocycles. The van der Waals surface area contributed by atoms with Crippen LogP contribution in [-0.4, -0.2) is 18.9 Å². The molecule has 0 amide bonds. The molecule has 1 aromatic carbocycles. The van der Waals surface area contributed by atoms with E-state index in [-0.39, 0.29) is 5.57 Å². The largest absolute Gasteiger partial charge is 0.465 e. The normalized spacial score (nSPS) is 12.2. The number of Topliss-reactive ketones (excluding diaryl/α,β-unsaturated/α-hetero) is 1. The van der Waals surface area contributed by atoms with Crippen LogP contribution >= 0.6 is 0 Å². The number of hydrogen-bond acceptors (Lipinski definition) is 3. The number of alkyl halides is 3. The molecule has 0 aromatic heterocycles. The van der Waals surface area contributed by atoms with E-state index in [2.05, 4.69) is 4.74 Å². The summed E-state index contributed by atoms with van der Waals surface area (Å²) in [5.74, 6) is -1.35. The lowest BCUT2D eigenvalue weighted by Crippen LogP contribution is -2.11. The molecule has 0 aliphatic carbocycles. The van der Waals surface area contributed by atoms with E-state index in [1.54, 1.807) is 0 Å². The van der Waals surface area contributed by atoms with Crippen LogP contribution in [0, 0.1) is 0 Å². The minimum Gasteiger partial charge on any atom is -0.465 e. The van der Waals surface area contributed by atoms with Crippen LogP contribution in [0.4, 0.5) is 13.2 Å². The molecular formula is C13H11F3O3. The molecule has 0 fully saturated rings. The fourth-order valence-corrected chi connectivity index (χ4v) is 1.35. The first-order chi connectivity index (χ1) is 8.75. The molecule has 0 radical (unpaired) electrons. The Morgan fingerprint density at radius 1 is 1.16 bits per heavy atom. The van der Waals surface area contributed by atoms with E-state index >= 15 is 0 Å².